The van der Waals surface area contributed by atoms with E-state index in [1.807, 2.05) is 18.2 Å². The summed E-state index contributed by atoms with van der Waals surface area (Å²) in [5.74, 6) is 1.29. The van der Waals surface area contributed by atoms with Gasteiger partial charge in [-0.3, -0.25) is 0 Å². The molecule has 0 spiro atoms. The van der Waals surface area contributed by atoms with Gasteiger partial charge in [-0.05, 0) is 30.5 Å². The van der Waals surface area contributed by atoms with Crippen molar-refractivity contribution < 1.29 is 4.52 Å². The molecule has 4 nitrogen and oxygen atoms in total. The molecule has 0 saturated heterocycles. The zero-order valence-corrected chi connectivity index (χ0v) is 12.2. The van der Waals surface area contributed by atoms with Crippen LogP contribution >= 0.6 is 15.9 Å². The molecule has 1 aliphatic rings. The highest BCUT2D eigenvalue weighted by molar-refractivity contribution is 9.10. The third-order valence-electron chi connectivity index (χ3n) is 3.65. The fourth-order valence-corrected chi connectivity index (χ4v) is 3.03. The van der Waals surface area contributed by atoms with E-state index in [1.165, 1.54) is 0 Å². The van der Waals surface area contributed by atoms with Gasteiger partial charge in [0.15, 0.2) is 5.82 Å². The molecule has 1 saturated carbocycles. The summed E-state index contributed by atoms with van der Waals surface area (Å²) in [6.07, 6.45) is 4.83. The summed E-state index contributed by atoms with van der Waals surface area (Å²) in [4.78, 5) is 4.47. The monoisotopic (exact) mass is 321 g/mol. The van der Waals surface area contributed by atoms with E-state index < -0.39 is 0 Å². The number of benzene rings is 1. The highest BCUT2D eigenvalue weighted by Gasteiger charge is 2.35. The van der Waals surface area contributed by atoms with Crippen molar-refractivity contribution in [2.45, 2.75) is 37.6 Å². The van der Waals surface area contributed by atoms with Gasteiger partial charge in [0.05, 0.1) is 12.0 Å². The Morgan fingerprint density at radius 1 is 1.32 bits per heavy atom. The minimum Gasteiger partial charge on any atom is -0.339 e. The Bertz CT molecular complexity index is 576. The Balaban J connectivity index is 1.78. The first-order valence-corrected chi connectivity index (χ1v) is 7.31. The smallest absolute Gasteiger partial charge is 0.231 e. The summed E-state index contributed by atoms with van der Waals surface area (Å²) in [7, 11) is 0. The number of halogens is 1. The van der Waals surface area contributed by atoms with Crippen molar-refractivity contribution in [3.8, 4) is 0 Å². The molecule has 0 unspecified atom stereocenters. The summed E-state index contributed by atoms with van der Waals surface area (Å²) >= 11 is 3.46. The molecule has 0 aliphatic heterocycles. The van der Waals surface area contributed by atoms with Crippen LogP contribution in [0.4, 0.5) is 0 Å². The maximum Gasteiger partial charge on any atom is 0.231 e. The predicted octanol–water partition coefficient (Wildman–Crippen LogP) is 3.15. The first-order valence-electron chi connectivity index (χ1n) is 6.52. The molecule has 1 aromatic carbocycles. The number of rotatable bonds is 3. The molecule has 1 aliphatic carbocycles. The lowest BCUT2D eigenvalue weighted by Gasteiger charge is -2.17. The summed E-state index contributed by atoms with van der Waals surface area (Å²) < 4.78 is 6.38. The molecule has 0 amide bonds. The van der Waals surface area contributed by atoms with E-state index in [-0.39, 0.29) is 5.54 Å². The van der Waals surface area contributed by atoms with Gasteiger partial charge in [-0.1, -0.05) is 46.1 Å². The van der Waals surface area contributed by atoms with Crippen molar-refractivity contribution in [3.05, 3.63) is 46.0 Å². The second kappa shape index (κ2) is 5.06. The molecule has 0 bridgehead atoms. The molecule has 1 aromatic heterocycles. The lowest BCUT2D eigenvalue weighted by atomic mass is 9.99. The van der Waals surface area contributed by atoms with Crippen molar-refractivity contribution >= 4 is 15.9 Å². The van der Waals surface area contributed by atoms with Crippen molar-refractivity contribution in [1.82, 2.24) is 10.1 Å². The van der Waals surface area contributed by atoms with E-state index in [0.29, 0.717) is 18.1 Å². The molecule has 19 heavy (non-hydrogen) atoms. The zero-order chi connectivity index (χ0) is 13.3. The minimum absolute atomic E-state index is 0.376. The lowest BCUT2D eigenvalue weighted by Crippen LogP contribution is -2.34. The van der Waals surface area contributed by atoms with Crippen molar-refractivity contribution in [2.75, 3.05) is 0 Å². The summed E-state index contributed by atoms with van der Waals surface area (Å²) in [5, 5.41) is 4.07. The quantitative estimate of drug-likeness (QED) is 0.943. The van der Waals surface area contributed by atoms with E-state index in [9.17, 15) is 0 Å². The van der Waals surface area contributed by atoms with Crippen LogP contribution in [-0.4, -0.2) is 10.1 Å². The van der Waals surface area contributed by atoms with Crippen LogP contribution in [0.3, 0.4) is 0 Å². The summed E-state index contributed by atoms with van der Waals surface area (Å²) in [6, 6.07) is 8.09. The van der Waals surface area contributed by atoms with E-state index in [4.69, 9.17) is 10.3 Å². The van der Waals surface area contributed by atoms with Gasteiger partial charge in [0.2, 0.25) is 5.89 Å². The van der Waals surface area contributed by atoms with E-state index in [2.05, 4.69) is 32.1 Å². The number of hydrogen-bond acceptors (Lipinski definition) is 4. The molecule has 1 heterocycles. The predicted molar refractivity (Wildman–Crippen MR) is 75.6 cm³/mol. The van der Waals surface area contributed by atoms with Crippen LogP contribution in [0.1, 0.15) is 43.0 Å². The Kier molecular flexibility index (Phi) is 3.41. The first kappa shape index (κ1) is 12.8. The molecular weight excluding hydrogens is 306 g/mol. The van der Waals surface area contributed by atoms with Crippen LogP contribution in [-0.2, 0) is 12.0 Å². The molecule has 2 N–H and O–H groups in total. The largest absolute Gasteiger partial charge is 0.339 e. The molecule has 5 heteroatoms. The molecule has 1 fully saturated rings. The SMILES string of the molecule is NC1(c2noc(Cc3cccc(Br)c3)n2)CCCC1. The van der Waals surface area contributed by atoms with Crippen molar-refractivity contribution in [3.63, 3.8) is 0 Å². The normalized spacial score (nSPS) is 17.8. The zero-order valence-electron chi connectivity index (χ0n) is 10.6. The second-order valence-corrected chi connectivity index (χ2v) is 6.10. The van der Waals surface area contributed by atoms with Crippen LogP contribution < -0.4 is 5.73 Å². The Hall–Kier alpha value is -1.20. The van der Waals surface area contributed by atoms with Crippen molar-refractivity contribution in [1.29, 1.82) is 0 Å². The molecule has 3 rings (SSSR count). The second-order valence-electron chi connectivity index (χ2n) is 5.18. The van der Waals surface area contributed by atoms with Crippen LogP contribution in [0.15, 0.2) is 33.3 Å². The van der Waals surface area contributed by atoms with Gasteiger partial charge in [0.25, 0.3) is 0 Å². The molecule has 2 aromatic rings. The maximum atomic E-state index is 6.32. The Morgan fingerprint density at radius 2 is 2.11 bits per heavy atom. The van der Waals surface area contributed by atoms with Crippen LogP contribution in [0.2, 0.25) is 0 Å². The minimum atomic E-state index is -0.376. The van der Waals surface area contributed by atoms with E-state index in [1.54, 1.807) is 0 Å². The molecule has 0 radical (unpaired) electrons. The third-order valence-corrected chi connectivity index (χ3v) is 4.15. The van der Waals surface area contributed by atoms with Gasteiger partial charge in [-0.2, -0.15) is 4.98 Å². The fourth-order valence-electron chi connectivity index (χ4n) is 2.58. The molecular formula is C14H16BrN3O. The lowest BCUT2D eigenvalue weighted by molar-refractivity contribution is 0.352. The van der Waals surface area contributed by atoms with Crippen molar-refractivity contribution in [2.24, 2.45) is 5.73 Å². The summed E-state index contributed by atoms with van der Waals surface area (Å²) in [6.45, 7) is 0. The van der Waals surface area contributed by atoms with Gasteiger partial charge in [-0.25, -0.2) is 0 Å². The average Bonchev–Trinajstić information content (AvgIpc) is 2.99. The average molecular weight is 322 g/mol. The number of aromatic nitrogens is 2. The first-order chi connectivity index (χ1) is 9.16. The van der Waals surface area contributed by atoms with E-state index in [0.717, 1.165) is 35.7 Å². The number of nitrogens with zero attached hydrogens (tertiary/aromatic N) is 2. The fraction of sp³-hybridized carbons (Fsp3) is 0.429. The highest BCUT2D eigenvalue weighted by atomic mass is 79.9. The Labute approximate surface area is 120 Å². The summed E-state index contributed by atoms with van der Waals surface area (Å²) in [5.41, 5.74) is 7.08. The van der Waals surface area contributed by atoms with Gasteiger partial charge in [-0.15, -0.1) is 0 Å². The molecule has 0 atom stereocenters. The number of hydrogen-bond donors (Lipinski definition) is 1. The van der Waals surface area contributed by atoms with Gasteiger partial charge >= 0.3 is 0 Å². The molecule has 100 valence electrons. The van der Waals surface area contributed by atoms with Crippen LogP contribution in [0.5, 0.6) is 0 Å². The van der Waals surface area contributed by atoms with E-state index >= 15 is 0 Å². The Morgan fingerprint density at radius 3 is 2.84 bits per heavy atom. The van der Waals surface area contributed by atoms with Gasteiger partial charge in [0.1, 0.15) is 0 Å². The topological polar surface area (TPSA) is 64.9 Å². The van der Waals surface area contributed by atoms with Crippen LogP contribution in [0, 0.1) is 0 Å². The highest BCUT2D eigenvalue weighted by Crippen LogP contribution is 2.34. The van der Waals surface area contributed by atoms with Gasteiger partial charge < -0.3 is 10.3 Å². The van der Waals surface area contributed by atoms with Gasteiger partial charge in [0, 0.05) is 4.47 Å². The van der Waals surface area contributed by atoms with Crippen LogP contribution in [0.25, 0.3) is 0 Å². The third kappa shape index (κ3) is 2.72. The maximum absolute atomic E-state index is 6.32. The standard InChI is InChI=1S/C14H16BrN3O/c15-11-5-3-4-10(8-11)9-12-17-13(18-19-12)14(16)6-1-2-7-14/h3-5,8H,1-2,6-7,9,16H2. The number of nitrogens with two attached hydrogens (primary N) is 1.